The fourth-order valence-electron chi connectivity index (χ4n) is 2.92. The summed E-state index contributed by atoms with van der Waals surface area (Å²) < 4.78 is 0. The maximum atomic E-state index is 2.44. The number of nitrogens with zero attached hydrogens (tertiary/aromatic N) is 2. The molecule has 0 radical (unpaired) electrons. The molecule has 0 fully saturated rings. The topological polar surface area (TPSA) is 6.48 Å². The lowest BCUT2D eigenvalue weighted by molar-refractivity contribution is -0.00468. The molecule has 0 bridgehead atoms. The first-order chi connectivity index (χ1) is 10.2. The molecule has 1 unspecified atom stereocenters. The van der Waals surface area contributed by atoms with Crippen molar-refractivity contribution in [2.24, 2.45) is 0 Å². The van der Waals surface area contributed by atoms with Crippen LogP contribution < -0.4 is 0 Å². The largest absolute Gasteiger partial charge is 0.305 e. The minimum atomic E-state index is 0. The van der Waals surface area contributed by atoms with Crippen molar-refractivity contribution in [2.75, 3.05) is 0 Å². The van der Waals surface area contributed by atoms with Crippen LogP contribution in [0.15, 0.2) is 72.4 Å². The smallest absolute Gasteiger partial charge is 0.0593 e. The van der Waals surface area contributed by atoms with Crippen molar-refractivity contribution in [1.82, 2.24) is 10.0 Å². The van der Waals surface area contributed by atoms with Crippen molar-refractivity contribution in [1.29, 1.82) is 0 Å². The van der Waals surface area contributed by atoms with Crippen LogP contribution in [0.1, 0.15) is 25.0 Å². The van der Waals surface area contributed by atoms with Crippen molar-refractivity contribution in [3.8, 4) is 0 Å². The Morgan fingerprint density at radius 3 is 1.86 bits per heavy atom. The monoisotopic (exact) mass is 358 g/mol. The predicted molar refractivity (Wildman–Crippen MR) is 97.5 cm³/mol. The van der Waals surface area contributed by atoms with Crippen LogP contribution >= 0.6 is 17.0 Å². The maximum Gasteiger partial charge on any atom is 0.0593 e. The van der Waals surface area contributed by atoms with Crippen LogP contribution in [0.25, 0.3) is 0 Å². The maximum absolute atomic E-state index is 2.44. The Morgan fingerprint density at radius 1 is 0.818 bits per heavy atom. The Morgan fingerprint density at radius 2 is 1.32 bits per heavy atom. The van der Waals surface area contributed by atoms with Gasteiger partial charge in [0.2, 0.25) is 0 Å². The minimum Gasteiger partial charge on any atom is -0.305 e. The van der Waals surface area contributed by atoms with Crippen LogP contribution in [0.5, 0.6) is 0 Å². The third-order valence-corrected chi connectivity index (χ3v) is 4.03. The van der Waals surface area contributed by atoms with Gasteiger partial charge in [0.15, 0.2) is 0 Å². The molecule has 0 aliphatic carbocycles. The summed E-state index contributed by atoms with van der Waals surface area (Å²) in [5, 5.41) is 4.84. The van der Waals surface area contributed by atoms with E-state index in [2.05, 4.69) is 90.6 Å². The molecular formula is C19H23BrN2. The summed E-state index contributed by atoms with van der Waals surface area (Å²) in [6.45, 7) is 6.34. The van der Waals surface area contributed by atoms with Crippen LogP contribution in [0.4, 0.5) is 0 Å². The molecule has 2 aromatic rings. The highest BCUT2D eigenvalue weighted by atomic mass is 79.9. The lowest BCUT2D eigenvalue weighted by Crippen LogP contribution is -2.40. The average Bonchev–Trinajstić information content (AvgIpc) is 2.76. The molecule has 3 heteroatoms. The lowest BCUT2D eigenvalue weighted by Gasteiger charge is -2.34. The molecule has 0 amide bonds. The Kier molecular flexibility index (Phi) is 5.81. The number of hydrazine groups is 1. The predicted octanol–water partition coefficient (Wildman–Crippen LogP) is 4.79. The highest BCUT2D eigenvalue weighted by Crippen LogP contribution is 2.26. The van der Waals surface area contributed by atoms with Crippen molar-refractivity contribution >= 4 is 17.0 Å². The molecule has 2 aromatic carbocycles. The van der Waals surface area contributed by atoms with Crippen LogP contribution in [0.3, 0.4) is 0 Å². The Labute approximate surface area is 143 Å². The fourth-order valence-corrected chi connectivity index (χ4v) is 2.92. The minimum absolute atomic E-state index is 0. The first-order valence-electron chi connectivity index (χ1n) is 7.54. The molecule has 116 valence electrons. The lowest BCUT2D eigenvalue weighted by atomic mass is 10.2. The summed E-state index contributed by atoms with van der Waals surface area (Å²) >= 11 is 0. The number of rotatable bonds is 4. The molecule has 0 saturated heterocycles. The summed E-state index contributed by atoms with van der Waals surface area (Å²) in [5.41, 5.74) is 4.03. The van der Waals surface area contributed by atoms with E-state index in [1.54, 1.807) is 0 Å². The van der Waals surface area contributed by atoms with Gasteiger partial charge in [-0.25, -0.2) is 5.01 Å². The van der Waals surface area contributed by atoms with E-state index in [9.17, 15) is 0 Å². The van der Waals surface area contributed by atoms with E-state index in [1.807, 2.05) is 0 Å². The van der Waals surface area contributed by atoms with E-state index in [-0.39, 0.29) is 17.0 Å². The van der Waals surface area contributed by atoms with E-state index < -0.39 is 0 Å². The van der Waals surface area contributed by atoms with Crippen molar-refractivity contribution in [2.45, 2.75) is 33.0 Å². The van der Waals surface area contributed by atoms with Gasteiger partial charge in [0.25, 0.3) is 0 Å². The second-order valence-electron chi connectivity index (χ2n) is 5.68. The molecule has 0 saturated carbocycles. The molecule has 0 aromatic heterocycles. The Balaban J connectivity index is 0.00000176. The number of hydrogen-bond acceptors (Lipinski definition) is 2. The second-order valence-corrected chi connectivity index (χ2v) is 5.68. The second kappa shape index (κ2) is 7.61. The molecule has 2 nitrogen and oxygen atoms in total. The zero-order valence-electron chi connectivity index (χ0n) is 13.1. The van der Waals surface area contributed by atoms with Gasteiger partial charge >= 0.3 is 0 Å². The highest BCUT2D eigenvalue weighted by molar-refractivity contribution is 8.93. The van der Waals surface area contributed by atoms with Crippen molar-refractivity contribution < 1.29 is 0 Å². The van der Waals surface area contributed by atoms with E-state index in [0.29, 0.717) is 6.04 Å². The fraction of sp³-hybridized carbons (Fsp3) is 0.263. The summed E-state index contributed by atoms with van der Waals surface area (Å²) in [5.74, 6) is 0. The number of benzene rings is 2. The SMILES string of the molecule is Br.CC1=CC(C)N(Cc2ccccc2)N1Cc1ccccc1. The molecule has 0 N–H and O–H groups in total. The van der Waals surface area contributed by atoms with E-state index >= 15 is 0 Å². The molecule has 1 aliphatic heterocycles. The van der Waals surface area contributed by atoms with Gasteiger partial charge in [0, 0.05) is 18.3 Å². The van der Waals surface area contributed by atoms with E-state index in [1.165, 1.54) is 16.8 Å². The zero-order valence-corrected chi connectivity index (χ0v) is 14.9. The third-order valence-electron chi connectivity index (χ3n) is 4.03. The van der Waals surface area contributed by atoms with Crippen molar-refractivity contribution in [3.63, 3.8) is 0 Å². The molecule has 3 rings (SSSR count). The van der Waals surface area contributed by atoms with Crippen LogP contribution in [0.2, 0.25) is 0 Å². The molecule has 1 heterocycles. The van der Waals surface area contributed by atoms with Gasteiger partial charge < -0.3 is 5.01 Å². The van der Waals surface area contributed by atoms with Gasteiger partial charge in [0.1, 0.15) is 0 Å². The highest BCUT2D eigenvalue weighted by Gasteiger charge is 2.27. The summed E-state index contributed by atoms with van der Waals surface area (Å²) in [6.07, 6.45) is 2.34. The first-order valence-corrected chi connectivity index (χ1v) is 7.54. The molecular weight excluding hydrogens is 336 g/mol. The Hall–Kier alpha value is -1.58. The zero-order chi connectivity index (χ0) is 14.7. The van der Waals surface area contributed by atoms with Gasteiger partial charge in [-0.2, -0.15) is 0 Å². The number of hydrogen-bond donors (Lipinski definition) is 0. The van der Waals surface area contributed by atoms with Gasteiger partial charge in [-0.15, -0.1) is 17.0 Å². The van der Waals surface area contributed by atoms with E-state index in [0.717, 1.165) is 13.1 Å². The molecule has 1 atom stereocenters. The number of allylic oxidation sites excluding steroid dienone is 1. The summed E-state index contributed by atoms with van der Waals surface area (Å²) in [4.78, 5) is 0. The van der Waals surface area contributed by atoms with Gasteiger partial charge in [-0.3, -0.25) is 0 Å². The summed E-state index contributed by atoms with van der Waals surface area (Å²) in [7, 11) is 0. The third kappa shape index (κ3) is 3.79. The van der Waals surface area contributed by atoms with Crippen LogP contribution in [-0.2, 0) is 13.1 Å². The standard InChI is InChI=1S/C19H22N2.BrH/c1-16-13-17(2)21(15-19-11-7-4-8-12-19)20(16)14-18-9-5-3-6-10-18;/h3-13,16H,14-15H2,1-2H3;1H. The molecule has 22 heavy (non-hydrogen) atoms. The average molecular weight is 359 g/mol. The van der Waals surface area contributed by atoms with Gasteiger partial charge in [-0.1, -0.05) is 60.7 Å². The Bertz CT molecular complexity index is 610. The van der Waals surface area contributed by atoms with E-state index in [4.69, 9.17) is 0 Å². The van der Waals surface area contributed by atoms with Crippen LogP contribution in [-0.4, -0.2) is 16.1 Å². The number of halogens is 1. The van der Waals surface area contributed by atoms with Gasteiger partial charge in [0.05, 0.1) is 6.54 Å². The van der Waals surface area contributed by atoms with Crippen molar-refractivity contribution in [3.05, 3.63) is 83.6 Å². The first kappa shape index (κ1) is 16.8. The van der Waals surface area contributed by atoms with Gasteiger partial charge in [-0.05, 0) is 31.1 Å². The normalized spacial score (nSPS) is 18.0. The van der Waals surface area contributed by atoms with Crippen LogP contribution in [0, 0.1) is 0 Å². The molecule has 1 aliphatic rings. The molecule has 0 spiro atoms. The quantitative estimate of drug-likeness (QED) is 0.775. The summed E-state index contributed by atoms with van der Waals surface area (Å²) in [6, 6.07) is 21.8.